The van der Waals surface area contributed by atoms with E-state index in [1.165, 1.54) is 12.1 Å². The molecule has 0 radical (unpaired) electrons. The van der Waals surface area contributed by atoms with Crippen molar-refractivity contribution in [2.45, 2.75) is 52.4 Å². The topological polar surface area (TPSA) is 31.5 Å². The third-order valence-corrected chi connectivity index (χ3v) is 3.99. The fourth-order valence-electron chi connectivity index (χ4n) is 2.37. The first-order valence-corrected chi connectivity index (χ1v) is 8.80. The summed E-state index contributed by atoms with van der Waals surface area (Å²) in [6.45, 7) is 12.6. The van der Waals surface area contributed by atoms with Gasteiger partial charge in [0.05, 0.1) is 16.4 Å². The van der Waals surface area contributed by atoms with Gasteiger partial charge < -0.3 is 5.11 Å². The van der Waals surface area contributed by atoms with Gasteiger partial charge in [0.2, 0.25) is 0 Å². The van der Waals surface area contributed by atoms with Gasteiger partial charge in [-0.25, -0.2) is 8.81 Å². The van der Waals surface area contributed by atoms with Gasteiger partial charge in [-0.3, -0.25) is 0 Å². The van der Waals surface area contributed by atoms with E-state index in [1.54, 1.807) is 24.3 Å². The van der Waals surface area contributed by atoms with E-state index in [2.05, 4.69) is 41.5 Å². The van der Waals surface area contributed by atoms with Gasteiger partial charge >= 0.3 is 11.5 Å². The summed E-state index contributed by atoms with van der Waals surface area (Å²) in [6, 6.07) is 10.2. The summed E-state index contributed by atoms with van der Waals surface area (Å²) >= 11 is 0. The summed E-state index contributed by atoms with van der Waals surface area (Å²) in [5, 5.41) is 10.1. The Kier molecular flexibility index (Phi) is 5.70. The van der Waals surface area contributed by atoms with Crippen LogP contribution in [0.4, 0.5) is 4.39 Å². The molecule has 2 nitrogen and oxygen atoms in total. The van der Waals surface area contributed by atoms with Crippen molar-refractivity contribution in [3.05, 3.63) is 77.0 Å². The van der Waals surface area contributed by atoms with E-state index in [-0.39, 0.29) is 22.2 Å². The highest BCUT2D eigenvalue weighted by Gasteiger charge is 2.33. The highest BCUT2D eigenvalue weighted by atomic mass is 19.1. The van der Waals surface area contributed by atoms with E-state index in [0.717, 1.165) is 17.1 Å². The summed E-state index contributed by atoms with van der Waals surface area (Å²) in [7, 11) is 0. The first-order chi connectivity index (χ1) is 12.0. The van der Waals surface area contributed by atoms with Gasteiger partial charge in [-0.2, -0.15) is 0 Å². The average Bonchev–Trinajstić information content (AvgIpc) is 2.53. The van der Waals surface area contributed by atoms with E-state index in [4.69, 9.17) is 4.42 Å². The molecule has 0 spiro atoms. The van der Waals surface area contributed by atoms with Crippen molar-refractivity contribution in [2.24, 2.45) is 0 Å². The number of aliphatic hydroxyl groups is 1. The average molecular weight is 355 g/mol. The van der Waals surface area contributed by atoms with Gasteiger partial charge in [0, 0.05) is 12.1 Å². The second-order valence-corrected chi connectivity index (χ2v) is 8.51. The maximum Gasteiger partial charge on any atom is 0.335 e. The number of hydrogen-bond donors (Lipinski definition) is 1. The maximum absolute atomic E-state index is 13.7. The van der Waals surface area contributed by atoms with Crippen molar-refractivity contribution in [2.75, 3.05) is 0 Å². The molecule has 138 valence electrons. The highest BCUT2D eigenvalue weighted by Crippen LogP contribution is 2.30. The van der Waals surface area contributed by atoms with Crippen molar-refractivity contribution in [3.63, 3.8) is 0 Å². The Labute approximate surface area is 155 Å². The first kappa shape index (κ1) is 19.9. The van der Waals surface area contributed by atoms with Crippen LogP contribution in [-0.4, -0.2) is 5.11 Å². The number of hydrogen-bond acceptors (Lipinski definition) is 1. The zero-order valence-corrected chi connectivity index (χ0v) is 16.4. The van der Waals surface area contributed by atoms with Crippen LogP contribution in [0.2, 0.25) is 0 Å². The standard InChI is InChI=1S/C23H27FO2/c1-22(2,3)20-14-16(15-21(26-20)23(4,5)6)10-9-13-19(25)17-11-7-8-12-18(17)24/h7-15H,1-6H3/p+1/b10-9+,19-13+. The molecule has 2 aromatic rings. The molecule has 0 aliphatic rings. The van der Waals surface area contributed by atoms with E-state index in [1.807, 2.05) is 18.2 Å². The molecule has 0 saturated heterocycles. The SMILES string of the molecule is CC(C)(C)c1cc(/C=C/C=C(/O)c2ccccc2F)cc(C(C)(C)C)[o+]1. The monoisotopic (exact) mass is 355 g/mol. The smallest absolute Gasteiger partial charge is 0.335 e. The molecule has 1 N–H and O–H groups in total. The van der Waals surface area contributed by atoms with Crippen LogP contribution in [0.25, 0.3) is 11.8 Å². The van der Waals surface area contributed by atoms with Crippen LogP contribution in [0, 0.1) is 5.82 Å². The molecule has 1 aromatic carbocycles. The molecule has 0 aliphatic heterocycles. The predicted molar refractivity (Wildman–Crippen MR) is 107 cm³/mol. The molecule has 26 heavy (non-hydrogen) atoms. The van der Waals surface area contributed by atoms with E-state index in [9.17, 15) is 9.50 Å². The first-order valence-electron chi connectivity index (χ1n) is 8.80. The Morgan fingerprint density at radius 1 is 0.962 bits per heavy atom. The third-order valence-electron chi connectivity index (χ3n) is 3.99. The lowest BCUT2D eigenvalue weighted by Gasteiger charge is -2.14. The van der Waals surface area contributed by atoms with Crippen molar-refractivity contribution >= 4 is 11.8 Å². The Hall–Kier alpha value is -2.42. The lowest BCUT2D eigenvalue weighted by molar-refractivity contribution is 0.328. The minimum absolute atomic E-state index is 0.105. The summed E-state index contributed by atoms with van der Waals surface area (Å²) in [4.78, 5) is 0. The molecular formula is C23H28FO2+. The molecular weight excluding hydrogens is 327 g/mol. The molecule has 0 unspecified atom stereocenters. The summed E-state index contributed by atoms with van der Waals surface area (Å²) < 4.78 is 19.8. The fraction of sp³-hybridized carbons (Fsp3) is 0.348. The van der Waals surface area contributed by atoms with Crippen LogP contribution in [0.3, 0.4) is 0 Å². The summed E-state index contributed by atoms with van der Waals surface area (Å²) in [6.07, 6.45) is 5.10. The molecule has 1 heterocycles. The van der Waals surface area contributed by atoms with E-state index >= 15 is 0 Å². The Bertz CT molecular complexity index is 802. The third kappa shape index (κ3) is 5.04. The molecule has 0 amide bonds. The molecule has 3 heteroatoms. The Balaban J connectivity index is 2.38. The molecule has 0 aliphatic carbocycles. The molecule has 0 fully saturated rings. The summed E-state index contributed by atoms with van der Waals surface area (Å²) in [5.41, 5.74) is 0.930. The number of allylic oxidation sites excluding steroid dienone is 2. The van der Waals surface area contributed by atoms with Crippen LogP contribution < -0.4 is 0 Å². The predicted octanol–water partition coefficient (Wildman–Crippen LogP) is 6.91. The van der Waals surface area contributed by atoms with Gasteiger partial charge in [-0.1, -0.05) is 24.3 Å². The van der Waals surface area contributed by atoms with Gasteiger partial charge in [0.1, 0.15) is 11.6 Å². The lowest BCUT2D eigenvalue weighted by atomic mass is 9.88. The van der Waals surface area contributed by atoms with Crippen LogP contribution in [0.1, 0.15) is 64.2 Å². The van der Waals surface area contributed by atoms with E-state index in [0.29, 0.717) is 0 Å². The normalized spacial score (nSPS) is 13.4. The largest absolute Gasteiger partial charge is 0.507 e. The van der Waals surface area contributed by atoms with Gasteiger partial charge in [-0.05, 0) is 65.3 Å². The van der Waals surface area contributed by atoms with Crippen molar-refractivity contribution in [1.82, 2.24) is 0 Å². The molecule has 1 aromatic heterocycles. The molecule has 0 bridgehead atoms. The Morgan fingerprint density at radius 2 is 1.50 bits per heavy atom. The summed E-state index contributed by atoms with van der Waals surface area (Å²) in [5.74, 6) is 1.24. The fourth-order valence-corrected chi connectivity index (χ4v) is 2.37. The highest BCUT2D eigenvalue weighted by molar-refractivity contribution is 5.63. The number of halogens is 1. The van der Waals surface area contributed by atoms with Crippen molar-refractivity contribution < 1.29 is 13.9 Å². The maximum atomic E-state index is 13.7. The molecule has 2 rings (SSSR count). The zero-order chi connectivity index (χ0) is 19.5. The van der Waals surface area contributed by atoms with Gasteiger partial charge in [0.15, 0.2) is 0 Å². The molecule has 0 saturated carbocycles. The van der Waals surface area contributed by atoms with E-state index < -0.39 is 5.82 Å². The number of aliphatic hydroxyl groups excluding tert-OH is 1. The number of benzene rings is 1. The second-order valence-electron chi connectivity index (χ2n) is 8.51. The van der Waals surface area contributed by atoms with Crippen LogP contribution in [0.5, 0.6) is 0 Å². The van der Waals surface area contributed by atoms with Crippen molar-refractivity contribution in [1.29, 1.82) is 0 Å². The number of rotatable bonds is 3. The van der Waals surface area contributed by atoms with Crippen LogP contribution in [-0.2, 0) is 10.8 Å². The minimum atomic E-state index is -0.446. The second kappa shape index (κ2) is 7.45. The van der Waals surface area contributed by atoms with Gasteiger partial charge in [0.25, 0.3) is 0 Å². The Morgan fingerprint density at radius 3 is 2.00 bits per heavy atom. The van der Waals surface area contributed by atoms with Crippen LogP contribution >= 0.6 is 0 Å². The molecule has 0 atom stereocenters. The lowest BCUT2D eigenvalue weighted by Crippen LogP contribution is -2.16. The zero-order valence-electron chi connectivity index (χ0n) is 16.4. The van der Waals surface area contributed by atoms with Gasteiger partial charge in [-0.15, -0.1) is 0 Å². The quantitative estimate of drug-likeness (QED) is 0.368. The minimum Gasteiger partial charge on any atom is -0.507 e. The van der Waals surface area contributed by atoms with Crippen LogP contribution in [0.15, 0.2) is 53.0 Å². The van der Waals surface area contributed by atoms with Crippen molar-refractivity contribution in [3.8, 4) is 0 Å².